The van der Waals surface area contributed by atoms with Crippen molar-refractivity contribution in [1.29, 1.82) is 0 Å². The van der Waals surface area contributed by atoms with Crippen LogP contribution in [0.4, 0.5) is 23.2 Å². The fourth-order valence-electron chi connectivity index (χ4n) is 13.2. The van der Waals surface area contributed by atoms with Gasteiger partial charge in [0.2, 0.25) is 0 Å². The van der Waals surface area contributed by atoms with Gasteiger partial charge < -0.3 is 19.6 Å². The third kappa shape index (κ3) is 16.4. The molecule has 17 rings (SSSR count). The molecule has 0 bridgehead atoms. The molecular formula is C83H68Cl2F4N16O2. The monoisotopic (exact) mass is 1470 g/mol. The first-order valence-electron chi connectivity index (χ1n) is 34.8. The second kappa shape index (κ2) is 32.4. The molecule has 534 valence electrons. The van der Waals surface area contributed by atoms with Gasteiger partial charge >= 0.3 is 0 Å². The third-order valence-electron chi connectivity index (χ3n) is 18.8. The molecule has 0 radical (unpaired) electrons. The summed E-state index contributed by atoms with van der Waals surface area (Å²) < 4.78 is 66.9. The van der Waals surface area contributed by atoms with Gasteiger partial charge in [-0.15, -0.1) is 0 Å². The van der Waals surface area contributed by atoms with Crippen LogP contribution in [0.15, 0.2) is 232 Å². The summed E-state index contributed by atoms with van der Waals surface area (Å²) in [5, 5.41) is 21.3. The van der Waals surface area contributed by atoms with Gasteiger partial charge in [0, 0.05) is 214 Å². The Morgan fingerprint density at radius 3 is 1.31 bits per heavy atom. The summed E-state index contributed by atoms with van der Waals surface area (Å²) in [6.45, 7) is 10.1. The number of aliphatic hydroxyl groups is 1. The van der Waals surface area contributed by atoms with Gasteiger partial charge in [0.1, 0.15) is 23.3 Å². The van der Waals surface area contributed by atoms with Crippen molar-refractivity contribution in [3.63, 3.8) is 0 Å². The number of hydrogen-bond acceptors (Lipinski definition) is 16. The highest BCUT2D eigenvalue weighted by atomic mass is 35.5. The number of piperazine rings is 1. The van der Waals surface area contributed by atoms with Crippen LogP contribution in [0.2, 0.25) is 10.0 Å². The molecular weight excluding hydrogens is 1400 g/mol. The fraction of sp³-hybridized carbons (Fsp3) is 0.169. The van der Waals surface area contributed by atoms with E-state index in [2.05, 4.69) is 107 Å². The van der Waals surface area contributed by atoms with E-state index in [0.29, 0.717) is 61.7 Å². The first-order valence-corrected chi connectivity index (χ1v) is 35.6. The Bertz CT molecular complexity index is 5700. The van der Waals surface area contributed by atoms with E-state index in [1.807, 2.05) is 96.3 Å². The van der Waals surface area contributed by atoms with Crippen LogP contribution in [-0.2, 0) is 17.8 Å². The number of halogens is 6. The second-order valence-corrected chi connectivity index (χ2v) is 26.8. The van der Waals surface area contributed by atoms with Gasteiger partial charge in [0.25, 0.3) is 0 Å². The highest BCUT2D eigenvalue weighted by molar-refractivity contribution is 6.31. The minimum absolute atomic E-state index is 0.0122. The lowest BCUT2D eigenvalue weighted by Gasteiger charge is -2.34. The Labute approximate surface area is 623 Å². The molecule has 0 saturated carbocycles. The van der Waals surface area contributed by atoms with Crippen LogP contribution >= 0.6 is 23.2 Å². The topological polar surface area (TPSA) is 191 Å². The first kappa shape index (κ1) is 71.0. The van der Waals surface area contributed by atoms with Crippen molar-refractivity contribution in [3.05, 3.63) is 266 Å². The number of benzene rings is 4. The van der Waals surface area contributed by atoms with Crippen molar-refractivity contribution in [3.8, 4) is 101 Å². The van der Waals surface area contributed by atoms with E-state index in [9.17, 15) is 17.6 Å². The Kier molecular flexibility index (Phi) is 21.5. The van der Waals surface area contributed by atoms with Crippen LogP contribution in [0, 0.1) is 23.3 Å². The molecule has 0 unspecified atom stereocenters. The summed E-state index contributed by atoms with van der Waals surface area (Å²) >= 11 is 12.3. The van der Waals surface area contributed by atoms with Crippen molar-refractivity contribution in [2.24, 2.45) is 0 Å². The molecule has 2 aliphatic heterocycles. The Morgan fingerprint density at radius 2 is 0.841 bits per heavy atom. The number of fused-ring (bicyclic) bond motifs is 3. The Hall–Kier alpha value is -11.6. The van der Waals surface area contributed by atoms with Crippen molar-refractivity contribution in [1.82, 2.24) is 74.2 Å². The lowest BCUT2D eigenvalue weighted by Crippen LogP contribution is -2.44. The molecule has 0 aliphatic carbocycles. The average Bonchev–Trinajstić information content (AvgIpc) is 1.31. The number of likely N-dealkylation sites (N-methyl/N-ethyl adjacent to an activating group) is 1. The molecule has 13 heterocycles. The summed E-state index contributed by atoms with van der Waals surface area (Å²) in [7, 11) is 2.16. The van der Waals surface area contributed by atoms with Crippen molar-refractivity contribution >= 4 is 62.0 Å². The summed E-state index contributed by atoms with van der Waals surface area (Å²) in [4.78, 5) is 47.6. The van der Waals surface area contributed by atoms with Crippen LogP contribution < -0.4 is 4.90 Å². The van der Waals surface area contributed by atoms with Crippen LogP contribution in [-0.4, -0.2) is 152 Å². The molecule has 11 aromatic heterocycles. The zero-order chi connectivity index (χ0) is 73.3. The van der Waals surface area contributed by atoms with E-state index in [4.69, 9.17) is 33.0 Å². The van der Waals surface area contributed by atoms with E-state index >= 15 is 0 Å². The van der Waals surface area contributed by atoms with Crippen LogP contribution in [0.25, 0.3) is 134 Å². The van der Waals surface area contributed by atoms with Gasteiger partial charge in [-0.25, -0.2) is 47.5 Å². The van der Waals surface area contributed by atoms with Gasteiger partial charge in [-0.3, -0.25) is 29.2 Å². The van der Waals surface area contributed by atoms with E-state index in [-0.39, 0.29) is 18.0 Å². The highest BCUT2D eigenvalue weighted by Gasteiger charge is 2.21. The van der Waals surface area contributed by atoms with Gasteiger partial charge in [-0.1, -0.05) is 35.3 Å². The number of nitrogens with zero attached hydrogens (tertiary/aromatic N) is 16. The normalized spacial score (nSPS) is 13.4. The molecule has 0 spiro atoms. The molecule has 2 saturated heterocycles. The molecule has 107 heavy (non-hydrogen) atoms. The summed E-state index contributed by atoms with van der Waals surface area (Å²) in [5.41, 5.74) is 15.4. The molecule has 0 atom stereocenters. The lowest BCUT2D eigenvalue weighted by atomic mass is 9.98. The van der Waals surface area contributed by atoms with E-state index in [1.165, 1.54) is 30.0 Å². The first-order chi connectivity index (χ1) is 52.3. The molecule has 1 N–H and O–H groups in total. The number of anilines is 1. The number of pyridine rings is 9. The standard InChI is InChI=1S/C30H25ClFN5.C29H26F2N6O.C24H17ClFN5O/c1-36-11-13-37(14-12-36)24-7-4-20(5-8-24)21-15-22(19-33-18-21)26-17-29(27-16-23(31)6-9-28(27)32)35-30-25(26)3-2-10-34-30;30-23-4-5-27(31)26(14-23)28-15-25(24-3-1-6-33-29(24)35-28)21-13-20(16-32-17-21)22-18-34-37(19-22)8-2-7-36-9-11-38-12-10-36;25-18-3-4-22(26)21(9-18)23-10-20(19-2-1-5-28-24(19)30-23)16-8-15(11-27-12-16)17-13-29-31(14-17)6-7-32/h2-10,15-19H,11-14H2,1H3;1,3-6,13-19H,2,7-12H2;1-5,8-14,32H,6-7H2. The maximum atomic E-state index is 14.7. The van der Waals surface area contributed by atoms with Crippen LogP contribution in [0.3, 0.4) is 0 Å². The van der Waals surface area contributed by atoms with E-state index in [1.54, 1.807) is 72.5 Å². The number of ether oxygens (including phenoxy) is 1. The molecule has 0 amide bonds. The minimum Gasteiger partial charge on any atom is -0.394 e. The van der Waals surface area contributed by atoms with Crippen LogP contribution in [0.1, 0.15) is 6.42 Å². The molecule has 2 fully saturated rings. The number of aliphatic hydroxyl groups excluding tert-OH is 1. The van der Waals surface area contributed by atoms with Crippen molar-refractivity contribution in [2.45, 2.75) is 19.5 Å². The van der Waals surface area contributed by atoms with Crippen molar-refractivity contribution < 1.29 is 27.4 Å². The summed E-state index contributed by atoms with van der Waals surface area (Å²) in [6, 6.07) is 43.8. The maximum Gasteiger partial charge on any atom is 0.160 e. The third-order valence-corrected chi connectivity index (χ3v) is 19.3. The molecule has 18 nitrogen and oxygen atoms in total. The maximum absolute atomic E-state index is 14.7. The SMILES string of the molecule is CN1CCN(c2ccc(-c3cncc(-c4cc(-c5cc(Cl)ccc5F)nc5ncccc45)c3)cc2)CC1.Fc1ccc(F)c(-c2cc(-c3cncc(-c4cnn(CCCN5CCOCC5)c4)c3)c3cccnc3n2)c1.OCCn1cc(-c2cncc(-c3cc(-c4cc(Cl)ccc4F)nc4ncccc34)c2)cn1. The van der Waals surface area contributed by atoms with Crippen molar-refractivity contribution in [2.75, 3.05) is 77.6 Å². The zero-order valence-corrected chi connectivity index (χ0v) is 59.4. The highest BCUT2D eigenvalue weighted by Crippen LogP contribution is 2.39. The van der Waals surface area contributed by atoms with Gasteiger partial charge in [-0.05, 0) is 175 Å². The zero-order valence-electron chi connectivity index (χ0n) is 57.9. The quantitative estimate of drug-likeness (QED) is 0.0898. The molecule has 4 aromatic carbocycles. The average molecular weight is 1470 g/mol. The summed E-state index contributed by atoms with van der Waals surface area (Å²) in [5.74, 6) is -1.87. The number of aromatic nitrogens is 13. The van der Waals surface area contributed by atoms with Crippen LogP contribution in [0.5, 0.6) is 0 Å². The molecule has 15 aromatic rings. The lowest BCUT2D eigenvalue weighted by molar-refractivity contribution is 0.0368. The molecule has 24 heteroatoms. The molecule has 2 aliphatic rings. The Morgan fingerprint density at radius 1 is 0.411 bits per heavy atom. The van der Waals surface area contributed by atoms with Gasteiger partial charge in [-0.2, -0.15) is 10.2 Å². The fourth-order valence-corrected chi connectivity index (χ4v) is 13.5. The van der Waals surface area contributed by atoms with E-state index < -0.39 is 17.5 Å². The largest absolute Gasteiger partial charge is 0.394 e. The summed E-state index contributed by atoms with van der Waals surface area (Å²) in [6.07, 6.45) is 24.2. The smallest absolute Gasteiger partial charge is 0.160 e. The number of hydrogen-bond donors (Lipinski definition) is 1. The van der Waals surface area contributed by atoms with Gasteiger partial charge in [0.15, 0.2) is 16.9 Å². The minimum atomic E-state index is -0.548. The predicted octanol–water partition coefficient (Wildman–Crippen LogP) is 16.8. The predicted molar refractivity (Wildman–Crippen MR) is 411 cm³/mol. The number of aryl methyl sites for hydroxylation is 1. The number of rotatable bonds is 16. The van der Waals surface area contributed by atoms with Gasteiger partial charge in [0.05, 0.1) is 55.8 Å². The Balaban J connectivity index is 0.000000129. The van der Waals surface area contributed by atoms with E-state index in [0.717, 1.165) is 173 Å². The second-order valence-electron chi connectivity index (χ2n) is 25.9. The number of morpholine rings is 1.